The summed E-state index contributed by atoms with van der Waals surface area (Å²) < 4.78 is 36.8. The molecule has 0 heterocycles. The molecule has 1 aromatic rings. The molecule has 1 atom stereocenters. The summed E-state index contributed by atoms with van der Waals surface area (Å²) in [5.74, 6) is -4.33. The first-order valence-corrected chi connectivity index (χ1v) is 3.77. The molecule has 0 radical (unpaired) electrons. The molecule has 0 spiro atoms. The number of alkyl halides is 3. The van der Waals surface area contributed by atoms with Crippen molar-refractivity contribution in [3.05, 3.63) is 35.9 Å². The number of aliphatic carboxylic acids is 1. The summed E-state index contributed by atoms with van der Waals surface area (Å²) in [6, 6.07) is 6.56. The van der Waals surface area contributed by atoms with E-state index < -0.39 is 18.1 Å². The number of hydrogen-bond donors (Lipinski definition) is 1. The highest BCUT2D eigenvalue weighted by atomic mass is 35.5. The number of benzene rings is 1. The summed E-state index contributed by atoms with van der Waals surface area (Å²) in [7, 11) is 0. The van der Waals surface area contributed by atoms with Crippen LogP contribution < -0.4 is 0 Å². The van der Waals surface area contributed by atoms with Gasteiger partial charge in [0.15, 0.2) is 5.92 Å². The predicted molar refractivity (Wildman–Crippen MR) is 50.1 cm³/mol. The Morgan fingerprint density at radius 1 is 1.20 bits per heavy atom. The average Bonchev–Trinajstić information content (AvgIpc) is 2.02. The molecule has 1 aromatic carbocycles. The molecular formula is C9H8ClF3O2. The van der Waals surface area contributed by atoms with Crippen LogP contribution in [0.1, 0.15) is 11.5 Å². The van der Waals surface area contributed by atoms with E-state index in [1.54, 1.807) is 0 Å². The normalized spacial score (nSPS) is 12.7. The molecule has 1 unspecified atom stereocenters. The van der Waals surface area contributed by atoms with Gasteiger partial charge < -0.3 is 5.11 Å². The van der Waals surface area contributed by atoms with E-state index in [1.807, 2.05) is 0 Å². The number of carbonyl (C=O) groups is 1. The van der Waals surface area contributed by atoms with E-state index in [1.165, 1.54) is 18.2 Å². The van der Waals surface area contributed by atoms with Crippen LogP contribution in [0.4, 0.5) is 13.2 Å². The van der Waals surface area contributed by atoms with Crippen molar-refractivity contribution < 1.29 is 23.1 Å². The van der Waals surface area contributed by atoms with Gasteiger partial charge >= 0.3 is 12.1 Å². The lowest BCUT2D eigenvalue weighted by molar-refractivity contribution is -0.176. The molecule has 0 fully saturated rings. The Labute approximate surface area is 90.1 Å². The van der Waals surface area contributed by atoms with Gasteiger partial charge in [0.1, 0.15) is 0 Å². The van der Waals surface area contributed by atoms with E-state index in [0.717, 1.165) is 12.1 Å². The Kier molecular flexibility index (Phi) is 4.61. The highest BCUT2D eigenvalue weighted by Gasteiger charge is 2.46. The maximum atomic E-state index is 12.3. The molecule has 1 N–H and O–H groups in total. The van der Waals surface area contributed by atoms with Crippen LogP contribution in [0.15, 0.2) is 30.3 Å². The van der Waals surface area contributed by atoms with Crippen LogP contribution in [0.5, 0.6) is 0 Å². The fraction of sp³-hybridized carbons (Fsp3) is 0.222. The molecule has 0 saturated heterocycles. The highest BCUT2D eigenvalue weighted by molar-refractivity contribution is 5.85. The summed E-state index contributed by atoms with van der Waals surface area (Å²) in [6.45, 7) is 0. The molecule has 0 aliphatic carbocycles. The number of hydrogen-bond acceptors (Lipinski definition) is 1. The second-order valence-corrected chi connectivity index (χ2v) is 2.72. The third kappa shape index (κ3) is 3.43. The molecule has 0 amide bonds. The minimum Gasteiger partial charge on any atom is -0.481 e. The van der Waals surface area contributed by atoms with E-state index in [2.05, 4.69) is 0 Å². The van der Waals surface area contributed by atoms with Crippen molar-refractivity contribution in [3.63, 3.8) is 0 Å². The maximum Gasteiger partial charge on any atom is 0.406 e. The summed E-state index contributed by atoms with van der Waals surface area (Å²) in [5, 5.41) is 8.44. The zero-order valence-corrected chi connectivity index (χ0v) is 8.18. The smallest absolute Gasteiger partial charge is 0.406 e. The van der Waals surface area contributed by atoms with Gasteiger partial charge in [-0.2, -0.15) is 13.2 Å². The van der Waals surface area contributed by atoms with Crippen molar-refractivity contribution in [2.75, 3.05) is 0 Å². The Balaban J connectivity index is 0.00000196. The number of carboxylic acids is 1. The average molecular weight is 241 g/mol. The Morgan fingerprint density at radius 2 is 1.67 bits per heavy atom. The lowest BCUT2D eigenvalue weighted by Gasteiger charge is -2.15. The Morgan fingerprint density at radius 3 is 2.00 bits per heavy atom. The maximum absolute atomic E-state index is 12.3. The summed E-state index contributed by atoms with van der Waals surface area (Å²) >= 11 is 0. The lowest BCUT2D eigenvalue weighted by Crippen LogP contribution is -2.28. The molecule has 15 heavy (non-hydrogen) atoms. The van der Waals surface area contributed by atoms with Crippen LogP contribution in [0, 0.1) is 0 Å². The summed E-state index contributed by atoms with van der Waals surface area (Å²) in [5.41, 5.74) is -0.257. The first-order chi connectivity index (χ1) is 6.43. The first kappa shape index (κ1) is 13.8. The molecule has 0 aliphatic rings. The molecule has 0 aliphatic heterocycles. The van der Waals surface area contributed by atoms with Gasteiger partial charge in [0.05, 0.1) is 0 Å². The standard InChI is InChI=1S/C9H7F3O2.ClH/c10-9(11,12)7(8(13)14)6-4-2-1-3-5-6;/h1-5,7H,(H,13,14);1H. The van der Waals surface area contributed by atoms with Gasteiger partial charge in [0.25, 0.3) is 0 Å². The quantitative estimate of drug-likeness (QED) is 0.863. The Bertz CT molecular complexity index is 324. The fourth-order valence-electron chi connectivity index (χ4n) is 1.12. The molecular weight excluding hydrogens is 233 g/mol. The van der Waals surface area contributed by atoms with E-state index in [4.69, 9.17) is 5.11 Å². The Hall–Kier alpha value is -1.23. The van der Waals surface area contributed by atoms with E-state index in [-0.39, 0.29) is 18.0 Å². The third-order valence-electron chi connectivity index (χ3n) is 1.71. The van der Waals surface area contributed by atoms with Gasteiger partial charge in [-0.1, -0.05) is 30.3 Å². The van der Waals surface area contributed by atoms with Gasteiger partial charge in [-0.25, -0.2) is 0 Å². The minimum absolute atomic E-state index is 0. The first-order valence-electron chi connectivity index (χ1n) is 3.77. The van der Waals surface area contributed by atoms with Crippen molar-refractivity contribution in [1.29, 1.82) is 0 Å². The van der Waals surface area contributed by atoms with Crippen molar-refractivity contribution in [2.24, 2.45) is 0 Å². The van der Waals surface area contributed by atoms with Crippen molar-refractivity contribution >= 4 is 18.4 Å². The van der Waals surface area contributed by atoms with Crippen LogP contribution in [0.25, 0.3) is 0 Å². The van der Waals surface area contributed by atoms with Crippen molar-refractivity contribution in [2.45, 2.75) is 12.1 Å². The van der Waals surface area contributed by atoms with Crippen molar-refractivity contribution in [3.8, 4) is 0 Å². The molecule has 2 nitrogen and oxygen atoms in total. The van der Waals surface area contributed by atoms with E-state index >= 15 is 0 Å². The number of halogens is 4. The molecule has 0 saturated carbocycles. The predicted octanol–water partition coefficient (Wildman–Crippen LogP) is 2.84. The molecule has 6 heteroatoms. The minimum atomic E-state index is -4.76. The van der Waals surface area contributed by atoms with E-state index in [9.17, 15) is 18.0 Å². The number of carboxylic acid groups (broad SMARTS) is 1. The van der Waals surface area contributed by atoms with Gasteiger partial charge in [-0.15, -0.1) is 12.4 Å². The van der Waals surface area contributed by atoms with Crippen LogP contribution >= 0.6 is 12.4 Å². The van der Waals surface area contributed by atoms with Gasteiger partial charge in [-0.3, -0.25) is 4.79 Å². The van der Waals surface area contributed by atoms with Gasteiger partial charge in [0, 0.05) is 0 Å². The third-order valence-corrected chi connectivity index (χ3v) is 1.71. The summed E-state index contributed by atoms with van der Waals surface area (Å²) in [6.07, 6.45) is -4.76. The molecule has 0 bridgehead atoms. The highest BCUT2D eigenvalue weighted by Crippen LogP contribution is 2.34. The zero-order valence-electron chi connectivity index (χ0n) is 7.36. The van der Waals surface area contributed by atoms with E-state index in [0.29, 0.717) is 0 Å². The van der Waals surface area contributed by atoms with Crippen LogP contribution in [0.3, 0.4) is 0 Å². The SMILES string of the molecule is Cl.O=C(O)C(c1ccccc1)C(F)(F)F. The topological polar surface area (TPSA) is 37.3 Å². The molecule has 84 valence electrons. The zero-order chi connectivity index (χ0) is 10.8. The second-order valence-electron chi connectivity index (χ2n) is 2.72. The van der Waals surface area contributed by atoms with Crippen molar-refractivity contribution in [1.82, 2.24) is 0 Å². The van der Waals surface area contributed by atoms with Crippen LogP contribution in [-0.2, 0) is 4.79 Å². The molecule has 1 rings (SSSR count). The van der Waals surface area contributed by atoms with Crippen LogP contribution in [0.2, 0.25) is 0 Å². The van der Waals surface area contributed by atoms with Crippen LogP contribution in [-0.4, -0.2) is 17.3 Å². The summed E-state index contributed by atoms with van der Waals surface area (Å²) in [4.78, 5) is 10.4. The number of rotatable bonds is 2. The fourth-order valence-corrected chi connectivity index (χ4v) is 1.12. The monoisotopic (exact) mass is 240 g/mol. The molecule has 0 aromatic heterocycles. The lowest BCUT2D eigenvalue weighted by atomic mass is 9.99. The second kappa shape index (κ2) is 5.02. The van der Waals surface area contributed by atoms with Gasteiger partial charge in [-0.05, 0) is 5.56 Å². The largest absolute Gasteiger partial charge is 0.481 e. The van der Waals surface area contributed by atoms with Gasteiger partial charge in [0.2, 0.25) is 0 Å².